The number of benzene rings is 6. The maximum Gasteiger partial charge on any atom is 2.00 e. The van der Waals surface area contributed by atoms with Gasteiger partial charge >= 0.3 is 21.1 Å². The normalized spacial score (nSPS) is 12.1. The number of hydrogen-bond donors (Lipinski definition) is 0. The average Bonchev–Trinajstić information content (AvgIpc) is 3.94. The molecule has 10 aromatic rings. The molecule has 60 heavy (non-hydrogen) atoms. The van der Waals surface area contributed by atoms with Crippen molar-refractivity contribution in [2.75, 3.05) is 0 Å². The van der Waals surface area contributed by atoms with Crippen LogP contribution < -0.4 is 4.74 Å². The van der Waals surface area contributed by atoms with Gasteiger partial charge in [-0.1, -0.05) is 168 Å². The first kappa shape index (κ1) is 39.7. The molecule has 0 aliphatic heterocycles. The number of nitrogens with zero attached hydrogens (tertiary/aromatic N) is 4. The molecular formula is C54H48N4OPt. The molecule has 5 nitrogen and oxygen atoms in total. The Morgan fingerprint density at radius 2 is 0.983 bits per heavy atom. The number of imidazole rings is 2. The second-order valence-corrected chi connectivity index (χ2v) is 17.2. The van der Waals surface area contributed by atoms with Gasteiger partial charge in [0, 0.05) is 52.9 Å². The zero-order chi connectivity index (χ0) is 40.7. The number of pyridine rings is 2. The van der Waals surface area contributed by atoms with Crippen molar-refractivity contribution in [1.82, 2.24) is 18.8 Å². The van der Waals surface area contributed by atoms with E-state index in [0.29, 0.717) is 35.2 Å². The Balaban J connectivity index is 0.00000462. The third-order valence-electron chi connectivity index (χ3n) is 12.2. The fraction of sp³-hybridized carbons (Fsp3) is 0.222. The van der Waals surface area contributed by atoms with Gasteiger partial charge < -0.3 is 13.5 Å². The van der Waals surface area contributed by atoms with E-state index in [-0.39, 0.29) is 21.1 Å². The maximum atomic E-state index is 6.61. The van der Waals surface area contributed by atoms with Crippen LogP contribution in [0.5, 0.6) is 11.5 Å². The minimum Gasteiger partial charge on any atom is -0.497 e. The van der Waals surface area contributed by atoms with Crippen molar-refractivity contribution in [3.05, 3.63) is 156 Å². The van der Waals surface area contributed by atoms with E-state index < -0.39 is 0 Å². The summed E-state index contributed by atoms with van der Waals surface area (Å²) in [6.07, 6.45) is 7.88. The Labute approximate surface area is 366 Å². The predicted octanol–water partition coefficient (Wildman–Crippen LogP) is 14.8. The Kier molecular flexibility index (Phi) is 10.2. The van der Waals surface area contributed by atoms with Crippen LogP contribution in [-0.2, 0) is 21.1 Å². The SMILES string of the molecule is CC(C)c1cccc(C(C)C)c1-c1ccc2c3ccc(Oc4[c-]c5c(cc4)c4cccc(-c6c(C(C)C)cccc6C(C)C)c4n4ccnc54)[c-]c3c3nccn3c2c1.[Pt+2]. The molecule has 4 heterocycles. The molecule has 0 saturated carbocycles. The molecule has 0 amide bonds. The summed E-state index contributed by atoms with van der Waals surface area (Å²) < 4.78 is 11.0. The fourth-order valence-electron chi connectivity index (χ4n) is 9.42. The molecule has 0 saturated heterocycles. The number of fused-ring (bicyclic) bond motifs is 12. The Morgan fingerprint density at radius 3 is 1.55 bits per heavy atom. The second kappa shape index (κ2) is 15.4. The number of hydrogen-bond acceptors (Lipinski definition) is 3. The van der Waals surface area contributed by atoms with Crippen molar-refractivity contribution in [2.24, 2.45) is 0 Å². The zero-order valence-corrected chi connectivity index (χ0v) is 37.6. The van der Waals surface area contributed by atoms with E-state index in [1.165, 1.54) is 44.5 Å². The summed E-state index contributed by atoms with van der Waals surface area (Å²) in [6.45, 7) is 18.3. The molecular weight excluding hydrogens is 916 g/mol. The summed E-state index contributed by atoms with van der Waals surface area (Å²) >= 11 is 0. The van der Waals surface area contributed by atoms with E-state index in [4.69, 9.17) is 14.7 Å². The average molecular weight is 964 g/mol. The second-order valence-electron chi connectivity index (χ2n) is 17.2. The summed E-state index contributed by atoms with van der Waals surface area (Å²) in [7, 11) is 0. The maximum absolute atomic E-state index is 6.61. The molecule has 0 spiro atoms. The Morgan fingerprint density at radius 1 is 0.500 bits per heavy atom. The van der Waals surface area contributed by atoms with Crippen LogP contribution in [0.1, 0.15) is 101 Å². The van der Waals surface area contributed by atoms with Crippen molar-refractivity contribution in [2.45, 2.75) is 79.1 Å². The molecule has 4 aromatic heterocycles. The minimum absolute atomic E-state index is 0. The van der Waals surface area contributed by atoms with E-state index >= 15 is 0 Å². The summed E-state index contributed by atoms with van der Waals surface area (Å²) in [4.78, 5) is 9.76. The van der Waals surface area contributed by atoms with Gasteiger partial charge in [0.15, 0.2) is 0 Å². The molecule has 10 rings (SSSR count). The summed E-state index contributed by atoms with van der Waals surface area (Å²) in [5.41, 5.74) is 14.5. The van der Waals surface area contributed by atoms with Gasteiger partial charge in [0.05, 0.1) is 11.3 Å². The van der Waals surface area contributed by atoms with Crippen LogP contribution in [0.15, 0.2) is 122 Å². The van der Waals surface area contributed by atoms with Gasteiger partial charge in [0.25, 0.3) is 0 Å². The minimum atomic E-state index is 0. The van der Waals surface area contributed by atoms with Crippen LogP contribution in [-0.4, -0.2) is 18.8 Å². The van der Waals surface area contributed by atoms with Gasteiger partial charge in [-0.3, -0.25) is 9.97 Å². The van der Waals surface area contributed by atoms with Crippen molar-refractivity contribution in [1.29, 1.82) is 0 Å². The van der Waals surface area contributed by atoms with Crippen LogP contribution in [0.25, 0.3) is 76.9 Å². The monoisotopic (exact) mass is 963 g/mol. The molecule has 0 atom stereocenters. The number of ether oxygens (including phenoxy) is 1. The summed E-state index contributed by atoms with van der Waals surface area (Å²) in [6, 6.07) is 42.6. The van der Waals surface area contributed by atoms with Gasteiger partial charge in [0.2, 0.25) is 0 Å². The third kappa shape index (κ3) is 6.32. The molecule has 0 aliphatic carbocycles. The van der Waals surface area contributed by atoms with Crippen molar-refractivity contribution < 1.29 is 25.8 Å². The predicted molar refractivity (Wildman–Crippen MR) is 245 cm³/mol. The van der Waals surface area contributed by atoms with E-state index in [1.807, 2.05) is 30.7 Å². The molecule has 6 aromatic carbocycles. The van der Waals surface area contributed by atoms with E-state index in [1.54, 1.807) is 0 Å². The third-order valence-corrected chi connectivity index (χ3v) is 12.2. The molecule has 0 radical (unpaired) electrons. The van der Waals surface area contributed by atoms with E-state index in [0.717, 1.165) is 54.6 Å². The molecule has 6 heteroatoms. The largest absolute Gasteiger partial charge is 2.00 e. The van der Waals surface area contributed by atoms with Crippen molar-refractivity contribution >= 4 is 54.6 Å². The number of rotatable bonds is 8. The van der Waals surface area contributed by atoms with Gasteiger partial charge in [-0.25, -0.2) is 0 Å². The van der Waals surface area contributed by atoms with E-state index in [2.05, 4.69) is 167 Å². The van der Waals surface area contributed by atoms with Crippen LogP contribution >= 0.6 is 0 Å². The number of para-hydroxylation sites is 1. The van der Waals surface area contributed by atoms with Crippen LogP contribution in [0.4, 0.5) is 0 Å². The Hall–Kier alpha value is -5.77. The van der Waals surface area contributed by atoms with Gasteiger partial charge in [-0.05, 0) is 79.5 Å². The first-order valence-corrected chi connectivity index (χ1v) is 21.0. The molecule has 0 N–H and O–H groups in total. The van der Waals surface area contributed by atoms with E-state index in [9.17, 15) is 0 Å². The van der Waals surface area contributed by atoms with Crippen LogP contribution in [0, 0.1) is 12.1 Å². The van der Waals surface area contributed by atoms with Gasteiger partial charge in [0.1, 0.15) is 0 Å². The first-order valence-electron chi connectivity index (χ1n) is 21.0. The zero-order valence-electron chi connectivity index (χ0n) is 35.4. The van der Waals surface area contributed by atoms with Crippen LogP contribution in [0.2, 0.25) is 0 Å². The first-order chi connectivity index (χ1) is 28.6. The quantitative estimate of drug-likeness (QED) is 0.113. The van der Waals surface area contributed by atoms with Crippen molar-refractivity contribution in [3.63, 3.8) is 0 Å². The van der Waals surface area contributed by atoms with Gasteiger partial charge in [-0.2, -0.15) is 0 Å². The Bertz CT molecular complexity index is 3220. The van der Waals surface area contributed by atoms with Crippen LogP contribution in [0.3, 0.4) is 0 Å². The molecule has 0 bridgehead atoms. The standard InChI is InChI=1S/C54H48N4O.Pt/c1-31(2)38-12-9-13-39(32(3)4)50(38)35-18-21-44-42-22-19-36(29-47(42)53-55-24-26-57(53)49(44)28-35)59-37-20-23-43-45-16-11-17-46(52(45)58-27-25-56-54(58)48(43)30-37)51-40(33(5)6)14-10-15-41(51)34(7)8;/h9-28,31-34H,1-8H3;/q-2;+2. The van der Waals surface area contributed by atoms with Gasteiger partial charge in [-0.15, -0.1) is 12.1 Å². The topological polar surface area (TPSA) is 43.8 Å². The number of aromatic nitrogens is 4. The fourth-order valence-corrected chi connectivity index (χ4v) is 9.42. The molecule has 0 fully saturated rings. The summed E-state index contributed by atoms with van der Waals surface area (Å²) in [5, 5.41) is 6.30. The molecule has 300 valence electrons. The molecule has 0 unspecified atom stereocenters. The summed E-state index contributed by atoms with van der Waals surface area (Å²) in [5.74, 6) is 2.79. The smallest absolute Gasteiger partial charge is 0.497 e. The molecule has 0 aliphatic rings. The van der Waals surface area contributed by atoms with Crippen molar-refractivity contribution in [3.8, 4) is 33.8 Å².